The molecule has 0 aliphatic rings. The monoisotopic (exact) mass is 210 g/mol. The van der Waals surface area contributed by atoms with E-state index in [-0.39, 0.29) is 12.3 Å². The van der Waals surface area contributed by atoms with Gasteiger partial charge in [-0.1, -0.05) is 0 Å². The van der Waals surface area contributed by atoms with Gasteiger partial charge in [-0.25, -0.2) is 13.1 Å². The van der Waals surface area contributed by atoms with Gasteiger partial charge in [0.15, 0.2) is 0 Å². The molecule has 0 aliphatic heterocycles. The van der Waals surface area contributed by atoms with Gasteiger partial charge in [0.2, 0.25) is 10.0 Å². The molecule has 0 heterocycles. The van der Waals surface area contributed by atoms with Crippen LogP contribution in [0.5, 0.6) is 0 Å². The van der Waals surface area contributed by atoms with Crippen molar-refractivity contribution in [3.63, 3.8) is 0 Å². The van der Waals surface area contributed by atoms with Crippen LogP contribution in [-0.2, 0) is 14.8 Å². The van der Waals surface area contributed by atoms with E-state index < -0.39 is 15.6 Å². The molecule has 0 aliphatic carbocycles. The smallest absolute Gasteiger partial charge is 0.213 e. The van der Waals surface area contributed by atoms with Gasteiger partial charge in [-0.05, 0) is 13.8 Å². The highest BCUT2D eigenvalue weighted by Gasteiger charge is 2.23. The van der Waals surface area contributed by atoms with Crippen LogP contribution >= 0.6 is 0 Å². The molecule has 0 saturated carbocycles. The number of nitrogens with one attached hydrogen (secondary N) is 1. The lowest BCUT2D eigenvalue weighted by Crippen LogP contribution is -2.48. The van der Waals surface area contributed by atoms with Gasteiger partial charge in [-0.2, -0.15) is 0 Å². The lowest BCUT2D eigenvalue weighted by molar-refractivity contribution is 0.141. The normalized spacial score (nSPS) is 13.2. The van der Waals surface area contributed by atoms with Gasteiger partial charge in [0, 0.05) is 13.7 Å². The lowest BCUT2D eigenvalue weighted by atomic mass is 10.1. The average Bonchev–Trinajstić information content (AvgIpc) is 1.82. The Labute approximate surface area is 79.7 Å². The Bertz CT molecular complexity index is 236. The summed E-state index contributed by atoms with van der Waals surface area (Å²) in [5.41, 5.74) is 4.58. The van der Waals surface area contributed by atoms with E-state index in [9.17, 15) is 8.42 Å². The van der Waals surface area contributed by atoms with Gasteiger partial charge < -0.3 is 10.5 Å². The third kappa shape index (κ3) is 5.98. The first-order valence-corrected chi connectivity index (χ1v) is 5.69. The fourth-order valence-corrected chi connectivity index (χ4v) is 2.33. The molecule has 0 bridgehead atoms. The third-order valence-corrected chi connectivity index (χ3v) is 2.96. The molecule has 0 aromatic rings. The molecule has 0 spiro atoms. The van der Waals surface area contributed by atoms with E-state index in [1.54, 1.807) is 13.8 Å². The van der Waals surface area contributed by atoms with Crippen molar-refractivity contribution in [3.8, 4) is 0 Å². The van der Waals surface area contributed by atoms with Crippen LogP contribution in [-0.4, -0.2) is 40.0 Å². The standard InChI is InChI=1S/C7H18N2O3S/c1-7(2,6-12-3)9-13(10,11)5-4-8/h9H,4-6,8H2,1-3H3. The summed E-state index contributed by atoms with van der Waals surface area (Å²) in [5.74, 6) is -0.0554. The SMILES string of the molecule is COCC(C)(C)NS(=O)(=O)CCN. The van der Waals surface area contributed by atoms with Gasteiger partial charge in [0.25, 0.3) is 0 Å². The van der Waals surface area contributed by atoms with Crippen LogP contribution in [0, 0.1) is 0 Å². The van der Waals surface area contributed by atoms with Crippen LogP contribution in [0.2, 0.25) is 0 Å². The first kappa shape index (κ1) is 12.8. The Hall–Kier alpha value is -0.170. The molecule has 0 fully saturated rings. The number of rotatable bonds is 6. The first-order chi connectivity index (χ1) is 5.83. The number of methoxy groups -OCH3 is 1. The molecule has 3 N–H and O–H groups in total. The zero-order chi connectivity index (χ0) is 10.5. The van der Waals surface area contributed by atoms with Crippen molar-refractivity contribution in [2.75, 3.05) is 26.0 Å². The number of ether oxygens (including phenoxy) is 1. The predicted molar refractivity (Wildman–Crippen MR) is 51.9 cm³/mol. The number of sulfonamides is 1. The van der Waals surface area contributed by atoms with E-state index in [0.717, 1.165) is 0 Å². The van der Waals surface area contributed by atoms with Gasteiger partial charge in [-0.15, -0.1) is 0 Å². The topological polar surface area (TPSA) is 81.4 Å². The largest absolute Gasteiger partial charge is 0.383 e. The number of nitrogens with two attached hydrogens (primary N) is 1. The predicted octanol–water partition coefficient (Wildman–Crippen LogP) is -0.710. The molecule has 5 nitrogen and oxygen atoms in total. The maximum Gasteiger partial charge on any atom is 0.213 e. The summed E-state index contributed by atoms with van der Waals surface area (Å²) in [5, 5.41) is 0. The van der Waals surface area contributed by atoms with Crippen LogP contribution in [0.4, 0.5) is 0 Å². The van der Waals surface area contributed by atoms with Crippen LogP contribution in [0.25, 0.3) is 0 Å². The van der Waals surface area contributed by atoms with Crippen molar-refractivity contribution < 1.29 is 13.2 Å². The minimum absolute atomic E-state index is 0.0554. The Morgan fingerprint density at radius 3 is 2.38 bits per heavy atom. The summed E-state index contributed by atoms with van der Waals surface area (Å²) >= 11 is 0. The van der Waals surface area contributed by atoms with Crippen LogP contribution in [0.1, 0.15) is 13.8 Å². The third-order valence-electron chi connectivity index (χ3n) is 1.32. The highest BCUT2D eigenvalue weighted by molar-refractivity contribution is 7.89. The zero-order valence-electron chi connectivity index (χ0n) is 8.33. The second kappa shape index (κ2) is 4.90. The van der Waals surface area contributed by atoms with Crippen molar-refractivity contribution in [3.05, 3.63) is 0 Å². The van der Waals surface area contributed by atoms with Gasteiger partial charge >= 0.3 is 0 Å². The highest BCUT2D eigenvalue weighted by atomic mass is 32.2. The summed E-state index contributed by atoms with van der Waals surface area (Å²) in [4.78, 5) is 0. The van der Waals surface area contributed by atoms with Crippen LogP contribution in [0.3, 0.4) is 0 Å². The summed E-state index contributed by atoms with van der Waals surface area (Å²) in [7, 11) is -1.74. The van der Waals surface area contributed by atoms with E-state index in [4.69, 9.17) is 10.5 Å². The summed E-state index contributed by atoms with van der Waals surface area (Å²) in [6.07, 6.45) is 0. The Balaban J connectivity index is 4.25. The molecule has 13 heavy (non-hydrogen) atoms. The second-order valence-electron chi connectivity index (χ2n) is 3.53. The Morgan fingerprint density at radius 2 is 2.00 bits per heavy atom. The fraction of sp³-hybridized carbons (Fsp3) is 1.00. The quantitative estimate of drug-likeness (QED) is 0.607. The molecule has 80 valence electrons. The van der Waals surface area contributed by atoms with Gasteiger partial charge in [0.05, 0.1) is 17.9 Å². The fourth-order valence-electron chi connectivity index (χ4n) is 1.02. The van der Waals surface area contributed by atoms with Crippen molar-refractivity contribution in [1.82, 2.24) is 4.72 Å². The molecule has 0 radical (unpaired) electrons. The highest BCUT2D eigenvalue weighted by Crippen LogP contribution is 2.04. The maximum absolute atomic E-state index is 11.3. The summed E-state index contributed by atoms with van der Waals surface area (Å²) in [6, 6.07) is 0. The molecule has 0 aromatic carbocycles. The van der Waals surface area contributed by atoms with E-state index in [2.05, 4.69) is 4.72 Å². The minimum Gasteiger partial charge on any atom is -0.383 e. The average molecular weight is 210 g/mol. The van der Waals surface area contributed by atoms with Crippen molar-refractivity contribution in [1.29, 1.82) is 0 Å². The molecule has 0 saturated heterocycles. The van der Waals surface area contributed by atoms with Crippen LogP contribution < -0.4 is 10.5 Å². The Morgan fingerprint density at radius 1 is 1.46 bits per heavy atom. The number of hydrogen-bond acceptors (Lipinski definition) is 4. The van der Waals surface area contributed by atoms with Crippen LogP contribution in [0.15, 0.2) is 0 Å². The second-order valence-corrected chi connectivity index (χ2v) is 5.37. The van der Waals surface area contributed by atoms with Crippen molar-refractivity contribution >= 4 is 10.0 Å². The molecular weight excluding hydrogens is 192 g/mol. The summed E-state index contributed by atoms with van der Waals surface area (Å²) in [6.45, 7) is 3.96. The minimum atomic E-state index is -3.27. The summed E-state index contributed by atoms with van der Waals surface area (Å²) < 4.78 is 29.9. The molecular formula is C7H18N2O3S. The molecule has 0 atom stereocenters. The number of hydrogen-bond donors (Lipinski definition) is 2. The molecule has 0 rings (SSSR count). The zero-order valence-corrected chi connectivity index (χ0v) is 9.15. The van der Waals surface area contributed by atoms with E-state index in [0.29, 0.717) is 6.61 Å². The lowest BCUT2D eigenvalue weighted by Gasteiger charge is -2.24. The maximum atomic E-state index is 11.3. The van der Waals surface area contributed by atoms with Gasteiger partial charge in [-0.3, -0.25) is 0 Å². The van der Waals surface area contributed by atoms with E-state index >= 15 is 0 Å². The van der Waals surface area contributed by atoms with E-state index in [1.165, 1.54) is 7.11 Å². The first-order valence-electron chi connectivity index (χ1n) is 4.03. The molecule has 0 unspecified atom stereocenters. The van der Waals surface area contributed by atoms with Crippen molar-refractivity contribution in [2.45, 2.75) is 19.4 Å². The molecule has 0 amide bonds. The van der Waals surface area contributed by atoms with E-state index in [1.807, 2.05) is 0 Å². The molecule has 0 aromatic heterocycles. The molecule has 6 heteroatoms. The van der Waals surface area contributed by atoms with Gasteiger partial charge in [0.1, 0.15) is 0 Å². The van der Waals surface area contributed by atoms with Crippen molar-refractivity contribution in [2.24, 2.45) is 5.73 Å². The Kier molecular flexibility index (Phi) is 4.83.